The van der Waals surface area contributed by atoms with Gasteiger partial charge in [-0.2, -0.15) is 10.4 Å². The van der Waals surface area contributed by atoms with Crippen molar-refractivity contribution in [2.75, 3.05) is 6.54 Å². The molecule has 1 aromatic heterocycles. The molecule has 5 heteroatoms. The maximum Gasteiger partial charge on any atom is 0.151 e. The quantitative estimate of drug-likeness (QED) is 0.880. The lowest BCUT2D eigenvalue weighted by Gasteiger charge is -2.23. The van der Waals surface area contributed by atoms with Crippen molar-refractivity contribution in [1.82, 2.24) is 15.1 Å². The highest BCUT2D eigenvalue weighted by Gasteiger charge is 2.23. The molecular formula is C20H24N4O. The highest BCUT2D eigenvalue weighted by Crippen LogP contribution is 2.21. The molecule has 0 saturated carbocycles. The van der Waals surface area contributed by atoms with E-state index in [1.54, 1.807) is 6.20 Å². The first kappa shape index (κ1) is 17.4. The second-order valence-corrected chi connectivity index (χ2v) is 6.74. The van der Waals surface area contributed by atoms with Crippen LogP contribution in [0.25, 0.3) is 11.3 Å². The number of carbonyl (C=O) groups is 1. The van der Waals surface area contributed by atoms with Gasteiger partial charge in [0.15, 0.2) is 5.78 Å². The van der Waals surface area contributed by atoms with Crippen molar-refractivity contribution in [2.45, 2.75) is 38.1 Å². The summed E-state index contributed by atoms with van der Waals surface area (Å²) < 4.78 is 1.84. The minimum atomic E-state index is -0.265. The van der Waals surface area contributed by atoms with Crippen molar-refractivity contribution in [3.63, 3.8) is 0 Å². The summed E-state index contributed by atoms with van der Waals surface area (Å²) in [7, 11) is 1.92. The Labute approximate surface area is 148 Å². The molecule has 2 aromatic rings. The SMILES string of the molecule is Cn1nccc1-c1ccc(C[C@@H](C#N)CC(=O)[C@@H]2CCCCN2)cc1. The van der Waals surface area contributed by atoms with Crippen LogP contribution in [0.15, 0.2) is 36.5 Å². The molecule has 1 N–H and O–H groups in total. The van der Waals surface area contributed by atoms with E-state index in [-0.39, 0.29) is 17.7 Å². The van der Waals surface area contributed by atoms with Gasteiger partial charge in [-0.25, -0.2) is 0 Å². The monoisotopic (exact) mass is 336 g/mol. The van der Waals surface area contributed by atoms with Gasteiger partial charge in [0, 0.05) is 19.7 Å². The molecule has 1 fully saturated rings. The van der Waals surface area contributed by atoms with Crippen LogP contribution in [0.1, 0.15) is 31.2 Å². The molecule has 2 atom stereocenters. The minimum absolute atomic E-state index is 0.0585. The lowest BCUT2D eigenvalue weighted by Crippen LogP contribution is -2.41. The number of hydrogen-bond donors (Lipinski definition) is 1. The molecule has 2 heterocycles. The van der Waals surface area contributed by atoms with E-state index in [1.807, 2.05) is 42.1 Å². The summed E-state index contributed by atoms with van der Waals surface area (Å²) in [5.74, 6) is -0.0865. The van der Waals surface area contributed by atoms with E-state index in [4.69, 9.17) is 0 Å². The van der Waals surface area contributed by atoms with E-state index in [9.17, 15) is 10.1 Å². The van der Waals surface area contributed by atoms with Crippen LogP contribution in [0.3, 0.4) is 0 Å². The fraction of sp³-hybridized carbons (Fsp3) is 0.450. The van der Waals surface area contributed by atoms with Gasteiger partial charge in [0.1, 0.15) is 0 Å². The second kappa shape index (κ2) is 8.09. The molecule has 1 aliphatic heterocycles. The van der Waals surface area contributed by atoms with Crippen LogP contribution in [-0.2, 0) is 18.3 Å². The van der Waals surface area contributed by atoms with E-state index in [2.05, 4.69) is 16.5 Å². The van der Waals surface area contributed by atoms with Crippen molar-refractivity contribution in [2.24, 2.45) is 13.0 Å². The highest BCUT2D eigenvalue weighted by atomic mass is 16.1. The Hall–Kier alpha value is -2.45. The van der Waals surface area contributed by atoms with E-state index in [0.717, 1.165) is 42.6 Å². The van der Waals surface area contributed by atoms with E-state index < -0.39 is 0 Å². The van der Waals surface area contributed by atoms with Gasteiger partial charge in [-0.1, -0.05) is 30.7 Å². The Kier molecular flexibility index (Phi) is 5.62. The number of aromatic nitrogens is 2. The highest BCUT2D eigenvalue weighted by molar-refractivity contribution is 5.84. The second-order valence-electron chi connectivity index (χ2n) is 6.74. The van der Waals surface area contributed by atoms with Gasteiger partial charge >= 0.3 is 0 Å². The molecule has 3 rings (SSSR count). The van der Waals surface area contributed by atoms with Gasteiger partial charge in [-0.05, 0) is 43.0 Å². The molecule has 0 amide bonds. The average molecular weight is 336 g/mol. The average Bonchev–Trinajstić information content (AvgIpc) is 3.08. The summed E-state index contributed by atoms with van der Waals surface area (Å²) in [6, 6.07) is 12.4. The van der Waals surface area contributed by atoms with Crippen LogP contribution in [0.4, 0.5) is 0 Å². The molecule has 130 valence electrons. The summed E-state index contributed by atoms with van der Waals surface area (Å²) in [6.07, 6.45) is 5.85. The number of nitrogens with one attached hydrogen (secondary N) is 1. The molecule has 0 bridgehead atoms. The number of aryl methyl sites for hydroxylation is 1. The Morgan fingerprint density at radius 3 is 2.76 bits per heavy atom. The topological polar surface area (TPSA) is 70.7 Å². The van der Waals surface area contributed by atoms with Crippen LogP contribution >= 0.6 is 0 Å². The van der Waals surface area contributed by atoms with Gasteiger partial charge in [0.25, 0.3) is 0 Å². The van der Waals surface area contributed by atoms with Crippen molar-refractivity contribution >= 4 is 5.78 Å². The van der Waals surface area contributed by atoms with Crippen LogP contribution < -0.4 is 5.32 Å². The lowest BCUT2D eigenvalue weighted by atomic mass is 9.90. The predicted molar refractivity (Wildman–Crippen MR) is 96.7 cm³/mol. The third-order valence-corrected chi connectivity index (χ3v) is 4.88. The number of nitrogens with zero attached hydrogens (tertiary/aromatic N) is 3. The number of hydrogen-bond acceptors (Lipinski definition) is 4. The summed E-state index contributed by atoms with van der Waals surface area (Å²) in [4.78, 5) is 12.4. The summed E-state index contributed by atoms with van der Waals surface area (Å²) in [5, 5.41) is 16.9. The first-order chi connectivity index (χ1) is 12.2. The number of benzene rings is 1. The fourth-order valence-corrected chi connectivity index (χ4v) is 3.43. The van der Waals surface area contributed by atoms with Crippen LogP contribution in [0, 0.1) is 17.2 Å². The molecule has 0 spiro atoms. The zero-order valence-corrected chi connectivity index (χ0v) is 14.6. The van der Waals surface area contributed by atoms with Crippen LogP contribution in [0.5, 0.6) is 0 Å². The van der Waals surface area contributed by atoms with Crippen molar-refractivity contribution in [3.05, 3.63) is 42.1 Å². The van der Waals surface area contributed by atoms with Gasteiger partial charge in [-0.3, -0.25) is 9.48 Å². The standard InChI is InChI=1S/C20H24N4O/c1-24-19(9-11-23-24)17-7-5-15(6-8-17)12-16(14-21)13-20(25)18-4-2-3-10-22-18/h5-9,11,16,18,22H,2-4,10,12-13H2,1H3/t16-,18+/m1/s1. The first-order valence-corrected chi connectivity index (χ1v) is 8.90. The van der Waals surface area contributed by atoms with Gasteiger partial charge in [-0.15, -0.1) is 0 Å². The normalized spacial score (nSPS) is 18.5. The van der Waals surface area contributed by atoms with Crippen molar-refractivity contribution < 1.29 is 4.79 Å². The predicted octanol–water partition coefficient (Wildman–Crippen LogP) is 2.87. The summed E-state index contributed by atoms with van der Waals surface area (Å²) in [5.41, 5.74) is 3.24. The molecule has 1 aromatic carbocycles. The Bertz CT molecular complexity index is 751. The third-order valence-electron chi connectivity index (χ3n) is 4.88. The maximum atomic E-state index is 12.4. The molecular weight excluding hydrogens is 312 g/mol. The summed E-state index contributed by atoms with van der Waals surface area (Å²) in [6.45, 7) is 0.906. The Morgan fingerprint density at radius 2 is 2.16 bits per heavy atom. The molecule has 0 unspecified atom stereocenters. The molecule has 0 radical (unpaired) electrons. The summed E-state index contributed by atoms with van der Waals surface area (Å²) >= 11 is 0. The lowest BCUT2D eigenvalue weighted by molar-refractivity contribution is -0.122. The number of carbonyl (C=O) groups excluding carboxylic acids is 1. The minimum Gasteiger partial charge on any atom is -0.307 e. The van der Waals surface area contributed by atoms with E-state index in [1.165, 1.54) is 0 Å². The van der Waals surface area contributed by atoms with Crippen LogP contribution in [0.2, 0.25) is 0 Å². The molecule has 1 aliphatic rings. The number of piperidine rings is 1. The zero-order valence-electron chi connectivity index (χ0n) is 14.6. The van der Waals surface area contributed by atoms with Gasteiger partial charge in [0.2, 0.25) is 0 Å². The third kappa shape index (κ3) is 4.34. The van der Waals surface area contributed by atoms with Crippen LogP contribution in [-0.4, -0.2) is 28.2 Å². The van der Waals surface area contributed by atoms with E-state index in [0.29, 0.717) is 12.8 Å². The molecule has 25 heavy (non-hydrogen) atoms. The van der Waals surface area contributed by atoms with E-state index >= 15 is 0 Å². The van der Waals surface area contributed by atoms with Crippen molar-refractivity contribution in [1.29, 1.82) is 5.26 Å². The maximum absolute atomic E-state index is 12.4. The number of nitriles is 1. The fourth-order valence-electron chi connectivity index (χ4n) is 3.43. The smallest absolute Gasteiger partial charge is 0.151 e. The zero-order chi connectivity index (χ0) is 17.6. The number of rotatable bonds is 6. The number of Topliss-reactive ketones (excluding diaryl/α,β-unsaturated/α-hetero) is 1. The number of ketones is 1. The van der Waals surface area contributed by atoms with Crippen molar-refractivity contribution in [3.8, 4) is 17.3 Å². The Balaban J connectivity index is 1.61. The molecule has 5 nitrogen and oxygen atoms in total. The Morgan fingerprint density at radius 1 is 1.36 bits per heavy atom. The first-order valence-electron chi connectivity index (χ1n) is 8.90. The largest absolute Gasteiger partial charge is 0.307 e. The van der Waals surface area contributed by atoms with Gasteiger partial charge in [0.05, 0.1) is 23.7 Å². The molecule has 1 saturated heterocycles. The molecule has 0 aliphatic carbocycles. The van der Waals surface area contributed by atoms with Gasteiger partial charge < -0.3 is 5.32 Å².